The SMILES string of the molecule is O=C(Nc1ccc(Cl)c(S(=O)(=O)N2CCCCC2)c1)c1c2c(nc3ccccc13)CCN(Cc1ccccc1)C2. The fourth-order valence-corrected chi connectivity index (χ4v) is 7.72. The summed E-state index contributed by atoms with van der Waals surface area (Å²) in [6, 6.07) is 22.6. The quantitative estimate of drug-likeness (QED) is 0.311. The molecular weight excluding hydrogens is 544 g/mol. The summed E-state index contributed by atoms with van der Waals surface area (Å²) in [5, 5.41) is 3.90. The Bertz CT molecular complexity index is 1670. The molecule has 9 heteroatoms. The Morgan fingerprint density at radius 3 is 2.48 bits per heavy atom. The Morgan fingerprint density at radius 1 is 0.925 bits per heavy atom. The van der Waals surface area contributed by atoms with Crippen molar-refractivity contribution in [1.82, 2.24) is 14.2 Å². The van der Waals surface area contributed by atoms with E-state index in [0.717, 1.165) is 60.9 Å². The number of pyridine rings is 1. The van der Waals surface area contributed by atoms with E-state index in [1.807, 2.05) is 42.5 Å². The van der Waals surface area contributed by atoms with Gasteiger partial charge < -0.3 is 5.32 Å². The number of hydrogen-bond acceptors (Lipinski definition) is 5. The summed E-state index contributed by atoms with van der Waals surface area (Å²) in [6.45, 7) is 3.18. The van der Waals surface area contributed by atoms with E-state index in [1.165, 1.54) is 22.0 Å². The summed E-state index contributed by atoms with van der Waals surface area (Å²) in [4.78, 5) is 21.2. The first-order chi connectivity index (χ1) is 19.4. The van der Waals surface area contributed by atoms with E-state index in [0.29, 0.717) is 30.9 Å². The van der Waals surface area contributed by atoms with Crippen molar-refractivity contribution < 1.29 is 13.2 Å². The summed E-state index contributed by atoms with van der Waals surface area (Å²) in [6.07, 6.45) is 3.42. The molecule has 3 aromatic carbocycles. The van der Waals surface area contributed by atoms with E-state index in [2.05, 4.69) is 22.3 Å². The highest BCUT2D eigenvalue weighted by atomic mass is 35.5. The molecule has 2 aliphatic rings. The Balaban J connectivity index is 1.34. The van der Waals surface area contributed by atoms with Crippen LogP contribution in [-0.2, 0) is 29.5 Å². The van der Waals surface area contributed by atoms with Gasteiger partial charge in [0.2, 0.25) is 10.0 Å². The highest BCUT2D eigenvalue weighted by Crippen LogP contribution is 2.32. The molecule has 0 spiro atoms. The normalized spacial score (nSPS) is 16.5. The van der Waals surface area contributed by atoms with Crippen molar-refractivity contribution >= 4 is 44.1 Å². The van der Waals surface area contributed by atoms with E-state index >= 15 is 0 Å². The molecule has 40 heavy (non-hydrogen) atoms. The van der Waals surface area contributed by atoms with Gasteiger partial charge >= 0.3 is 0 Å². The van der Waals surface area contributed by atoms with E-state index in [-0.39, 0.29) is 15.8 Å². The highest BCUT2D eigenvalue weighted by Gasteiger charge is 2.29. The smallest absolute Gasteiger partial charge is 0.256 e. The lowest BCUT2D eigenvalue weighted by Crippen LogP contribution is -2.35. The monoisotopic (exact) mass is 574 g/mol. The van der Waals surface area contributed by atoms with Gasteiger partial charge in [0, 0.05) is 61.5 Å². The van der Waals surface area contributed by atoms with Crippen molar-refractivity contribution in [3.63, 3.8) is 0 Å². The number of amides is 1. The van der Waals surface area contributed by atoms with Crippen LogP contribution in [-0.4, -0.2) is 48.1 Å². The Morgan fingerprint density at radius 2 is 1.68 bits per heavy atom. The van der Waals surface area contributed by atoms with Crippen LogP contribution < -0.4 is 5.32 Å². The predicted molar refractivity (Wildman–Crippen MR) is 158 cm³/mol. The van der Waals surface area contributed by atoms with Gasteiger partial charge in [-0.25, -0.2) is 8.42 Å². The molecule has 1 aromatic heterocycles. The summed E-state index contributed by atoms with van der Waals surface area (Å²) >= 11 is 6.38. The first-order valence-corrected chi connectivity index (χ1v) is 15.5. The van der Waals surface area contributed by atoms with Crippen LogP contribution in [0.25, 0.3) is 10.9 Å². The molecule has 0 unspecified atom stereocenters. The van der Waals surface area contributed by atoms with Crippen molar-refractivity contribution in [3.05, 3.63) is 100 Å². The number of sulfonamides is 1. The number of nitrogens with one attached hydrogen (secondary N) is 1. The zero-order valence-corrected chi connectivity index (χ0v) is 23.7. The molecule has 4 aromatic rings. The number of anilines is 1. The minimum Gasteiger partial charge on any atom is -0.322 e. The summed E-state index contributed by atoms with van der Waals surface area (Å²) in [5.41, 5.74) is 4.79. The van der Waals surface area contributed by atoms with Crippen LogP contribution in [0.4, 0.5) is 5.69 Å². The summed E-state index contributed by atoms with van der Waals surface area (Å²) in [7, 11) is -3.77. The largest absolute Gasteiger partial charge is 0.322 e. The first kappa shape index (κ1) is 26.9. The molecule has 0 radical (unpaired) electrons. The number of fused-ring (bicyclic) bond motifs is 2. The van der Waals surface area contributed by atoms with Crippen LogP contribution in [0.1, 0.15) is 46.4 Å². The number of para-hydroxylation sites is 1. The summed E-state index contributed by atoms with van der Waals surface area (Å²) in [5.74, 6) is -0.292. The van der Waals surface area contributed by atoms with Gasteiger partial charge in [-0.2, -0.15) is 4.31 Å². The topological polar surface area (TPSA) is 82.6 Å². The molecule has 1 fully saturated rings. The fraction of sp³-hybridized carbons (Fsp3) is 0.290. The minimum atomic E-state index is -3.77. The number of piperidine rings is 1. The second-order valence-corrected chi connectivity index (χ2v) is 12.8. The zero-order valence-electron chi connectivity index (χ0n) is 22.1. The zero-order chi connectivity index (χ0) is 27.7. The highest BCUT2D eigenvalue weighted by molar-refractivity contribution is 7.89. The van der Waals surface area contributed by atoms with Crippen LogP contribution in [0, 0.1) is 0 Å². The van der Waals surface area contributed by atoms with Gasteiger partial charge in [0.15, 0.2) is 0 Å². The molecule has 7 nitrogen and oxygen atoms in total. The molecule has 6 rings (SSSR count). The standard InChI is InChI=1S/C31H31ClN4O3S/c32-26-14-13-23(19-29(26)40(38,39)36-16-7-2-8-17-36)33-31(37)30-24-11-5-6-12-27(24)34-28-15-18-35(21-25(28)30)20-22-9-3-1-4-10-22/h1,3-6,9-14,19H,2,7-8,15-18,20-21H2,(H,33,37). The van der Waals surface area contributed by atoms with Crippen LogP contribution in [0.15, 0.2) is 77.7 Å². The molecule has 0 saturated carbocycles. The molecule has 3 heterocycles. The molecule has 1 amide bonds. The molecule has 2 aliphatic heterocycles. The molecule has 1 saturated heterocycles. The second-order valence-electron chi connectivity index (χ2n) is 10.4. The van der Waals surface area contributed by atoms with Crippen molar-refractivity contribution in [2.45, 2.75) is 43.7 Å². The number of halogens is 1. The number of rotatable bonds is 6. The lowest BCUT2D eigenvalue weighted by atomic mass is 9.95. The van der Waals surface area contributed by atoms with Crippen molar-refractivity contribution in [2.24, 2.45) is 0 Å². The molecule has 206 valence electrons. The Labute approximate surface area is 239 Å². The van der Waals surface area contributed by atoms with Gasteiger partial charge in [0.05, 0.1) is 16.1 Å². The van der Waals surface area contributed by atoms with E-state index in [4.69, 9.17) is 16.6 Å². The average molecular weight is 575 g/mol. The lowest BCUT2D eigenvalue weighted by Gasteiger charge is -2.30. The number of benzene rings is 3. The van der Waals surface area contributed by atoms with Gasteiger partial charge in [0.25, 0.3) is 5.91 Å². The number of hydrogen-bond donors (Lipinski definition) is 1. The number of carbonyl (C=O) groups excluding carboxylic acids is 1. The second kappa shape index (κ2) is 11.3. The van der Waals surface area contributed by atoms with Crippen LogP contribution in [0.5, 0.6) is 0 Å². The molecule has 0 bridgehead atoms. The van der Waals surface area contributed by atoms with Gasteiger partial charge in [-0.3, -0.25) is 14.7 Å². The summed E-state index contributed by atoms with van der Waals surface area (Å²) < 4.78 is 28.3. The van der Waals surface area contributed by atoms with Crippen LogP contribution >= 0.6 is 11.6 Å². The van der Waals surface area contributed by atoms with E-state index in [1.54, 1.807) is 6.07 Å². The lowest BCUT2D eigenvalue weighted by molar-refractivity contribution is 0.102. The Hall–Kier alpha value is -3.30. The molecule has 0 aliphatic carbocycles. The van der Waals surface area contributed by atoms with Crippen LogP contribution in [0.3, 0.4) is 0 Å². The number of carbonyl (C=O) groups is 1. The maximum absolute atomic E-state index is 14.0. The minimum absolute atomic E-state index is 0.0181. The van der Waals surface area contributed by atoms with Crippen molar-refractivity contribution in [3.8, 4) is 0 Å². The third-order valence-electron chi connectivity index (χ3n) is 7.72. The van der Waals surface area contributed by atoms with Gasteiger partial charge in [-0.15, -0.1) is 0 Å². The van der Waals surface area contributed by atoms with E-state index < -0.39 is 10.0 Å². The number of aromatic nitrogens is 1. The van der Waals surface area contributed by atoms with Gasteiger partial charge in [-0.05, 0) is 42.7 Å². The molecule has 0 atom stereocenters. The van der Waals surface area contributed by atoms with Crippen molar-refractivity contribution in [1.29, 1.82) is 0 Å². The maximum Gasteiger partial charge on any atom is 0.256 e. The maximum atomic E-state index is 14.0. The first-order valence-electron chi connectivity index (χ1n) is 13.7. The average Bonchev–Trinajstić information content (AvgIpc) is 2.98. The predicted octanol–water partition coefficient (Wildman–Crippen LogP) is 5.87. The third kappa shape index (κ3) is 5.37. The molecule has 1 N–H and O–H groups in total. The van der Waals surface area contributed by atoms with E-state index in [9.17, 15) is 13.2 Å². The van der Waals surface area contributed by atoms with Crippen molar-refractivity contribution in [2.75, 3.05) is 25.0 Å². The molecular formula is C31H31ClN4O3S. The Kier molecular flexibility index (Phi) is 7.59. The third-order valence-corrected chi connectivity index (χ3v) is 10.1. The fourth-order valence-electron chi connectivity index (χ4n) is 5.70. The van der Waals surface area contributed by atoms with Gasteiger partial charge in [-0.1, -0.05) is 66.6 Å². The van der Waals surface area contributed by atoms with Crippen LogP contribution in [0.2, 0.25) is 5.02 Å². The van der Waals surface area contributed by atoms with Gasteiger partial charge in [0.1, 0.15) is 4.90 Å². The number of nitrogens with zero attached hydrogens (tertiary/aromatic N) is 3.